The zero-order valence-corrected chi connectivity index (χ0v) is 8.17. The van der Waals surface area contributed by atoms with Gasteiger partial charge in [-0.1, -0.05) is 0 Å². The van der Waals surface area contributed by atoms with Gasteiger partial charge in [0.25, 0.3) is 0 Å². The van der Waals surface area contributed by atoms with Crippen LogP contribution in [0.3, 0.4) is 0 Å². The van der Waals surface area contributed by atoms with E-state index in [1.165, 1.54) is 0 Å². The van der Waals surface area contributed by atoms with Crippen molar-refractivity contribution in [2.24, 2.45) is 0 Å². The molecule has 0 nitrogen and oxygen atoms in total. The third kappa shape index (κ3) is 8.86. The Bertz CT molecular complexity index is 8.00. The van der Waals surface area contributed by atoms with Crippen molar-refractivity contribution in [3.8, 4) is 0 Å². The van der Waals surface area contributed by atoms with E-state index in [0.29, 0.717) is 0 Å². The van der Waals surface area contributed by atoms with Crippen LogP contribution in [0.2, 0.25) is 0 Å². The predicted octanol–water partition coefficient (Wildman–Crippen LogP) is -0.273. The van der Waals surface area contributed by atoms with Gasteiger partial charge in [0.15, 0.2) is 0 Å². The van der Waals surface area contributed by atoms with E-state index in [0.717, 1.165) is 0 Å². The third-order valence-electron chi connectivity index (χ3n) is 0. The first-order valence-corrected chi connectivity index (χ1v) is 0. The van der Waals surface area contributed by atoms with Gasteiger partial charge in [-0.05, 0) is 0 Å². The van der Waals surface area contributed by atoms with Crippen molar-refractivity contribution in [2.45, 2.75) is 0 Å². The fourth-order valence-corrected chi connectivity index (χ4v) is 0. The van der Waals surface area contributed by atoms with Crippen molar-refractivity contribution in [3.63, 3.8) is 0 Å². The summed E-state index contributed by atoms with van der Waals surface area (Å²) in [7, 11) is 0. The second-order valence-electron chi connectivity index (χ2n) is 0. The minimum absolute atomic E-state index is 0. The van der Waals surface area contributed by atoms with E-state index in [9.17, 15) is 0 Å². The third-order valence-corrected chi connectivity index (χ3v) is 0. The van der Waals surface area contributed by atoms with Crippen molar-refractivity contribution in [1.29, 1.82) is 0 Å². The van der Waals surface area contributed by atoms with E-state index >= 15 is 0 Å². The molecular weight excluding hydrogens is 265 g/mol. The summed E-state index contributed by atoms with van der Waals surface area (Å²) < 4.78 is 0. The van der Waals surface area contributed by atoms with Gasteiger partial charge in [-0.15, -0.1) is 0 Å². The molecule has 0 fully saturated rings. The minimum Gasteiger partial charge on any atom is -0.197 e. The fraction of sp³-hybridized carbons (Fsp3) is 0. The van der Waals surface area contributed by atoms with Crippen molar-refractivity contribution in [2.75, 3.05) is 0 Å². The van der Waals surface area contributed by atoms with Gasteiger partial charge in [-0.2, -0.15) is 13.5 Å². The first kappa shape index (κ1) is 33.9. The molecule has 4 heavy (non-hydrogen) atoms. The molecule has 0 aromatic heterocycles. The van der Waals surface area contributed by atoms with Crippen LogP contribution in [-0.4, -0.2) is 25.8 Å². The fourth-order valence-electron chi connectivity index (χ4n) is 0. The van der Waals surface area contributed by atoms with Gasteiger partial charge in [0, 0.05) is 60.0 Å². The molecule has 0 heterocycles. The zero-order chi connectivity index (χ0) is 0. The number of hydrogen-bond acceptors (Lipinski definition) is 0. The first-order valence-electron chi connectivity index (χ1n) is 0. The van der Waals surface area contributed by atoms with E-state index in [2.05, 4.69) is 0 Å². The van der Waals surface area contributed by atoms with Gasteiger partial charge in [-0.25, -0.2) is 0 Å². The summed E-state index contributed by atoms with van der Waals surface area (Å²) in [6, 6.07) is 0. The standard InChI is InChI=1S/Cu.In.Mn.H2S/h;;;1H2. The average molecular weight is 267 g/mol. The molecule has 0 saturated carbocycles. The summed E-state index contributed by atoms with van der Waals surface area (Å²) >= 11 is 0. The van der Waals surface area contributed by atoms with E-state index < -0.39 is 0 Å². The van der Waals surface area contributed by atoms with E-state index in [4.69, 9.17) is 0 Å². The Balaban J connectivity index is 0. The molecule has 29 valence electrons. The van der Waals surface area contributed by atoms with Gasteiger partial charge in [0.05, 0.1) is 0 Å². The van der Waals surface area contributed by atoms with E-state index in [1.807, 2.05) is 0 Å². The minimum atomic E-state index is 0. The molecule has 0 aromatic carbocycles. The Labute approximate surface area is 72.7 Å². The van der Waals surface area contributed by atoms with Crippen LogP contribution < -0.4 is 0 Å². The molecule has 0 atom stereocenters. The van der Waals surface area contributed by atoms with Crippen LogP contribution in [0.15, 0.2) is 0 Å². The molecule has 4 heteroatoms. The van der Waals surface area contributed by atoms with Crippen LogP contribution in [0.1, 0.15) is 0 Å². The van der Waals surface area contributed by atoms with Crippen LogP contribution in [-0.2, 0) is 34.1 Å². The monoisotopic (exact) mass is 267 g/mol. The van der Waals surface area contributed by atoms with E-state index in [-0.39, 0.29) is 73.5 Å². The van der Waals surface area contributed by atoms with Crippen LogP contribution in [0.4, 0.5) is 0 Å². The normalized spacial score (nSPS) is 0. The van der Waals surface area contributed by atoms with Gasteiger partial charge in [0.2, 0.25) is 0 Å². The Morgan fingerprint density at radius 2 is 1.00 bits per heavy atom. The number of rotatable bonds is 0. The molecule has 0 unspecified atom stereocenters. The summed E-state index contributed by atoms with van der Waals surface area (Å²) in [4.78, 5) is 0. The van der Waals surface area contributed by atoms with Crippen molar-refractivity contribution < 1.29 is 34.1 Å². The van der Waals surface area contributed by atoms with Crippen molar-refractivity contribution in [3.05, 3.63) is 0 Å². The molecule has 0 aromatic rings. The molecule has 0 aliphatic heterocycles. The van der Waals surface area contributed by atoms with Crippen LogP contribution in [0.5, 0.6) is 0 Å². The number of hydrogen-bond donors (Lipinski definition) is 0. The molecule has 0 amide bonds. The predicted molar refractivity (Wildman–Crippen MR) is 16.1 cm³/mol. The molecular formula is H2CuInMnS. The Morgan fingerprint density at radius 1 is 1.00 bits per heavy atom. The quantitative estimate of drug-likeness (QED) is 0.530. The molecule has 0 spiro atoms. The van der Waals surface area contributed by atoms with E-state index in [1.54, 1.807) is 0 Å². The van der Waals surface area contributed by atoms with Gasteiger partial charge in [0.1, 0.15) is 0 Å². The van der Waals surface area contributed by atoms with Crippen LogP contribution >= 0.6 is 13.5 Å². The molecule has 0 aliphatic rings. The molecule has 0 aliphatic carbocycles. The smallest absolute Gasteiger partial charge is 0 e. The van der Waals surface area contributed by atoms with Gasteiger partial charge in [-0.3, -0.25) is 0 Å². The molecule has 0 rings (SSSR count). The average Bonchev–Trinajstić information content (AvgIpc) is 0. The van der Waals surface area contributed by atoms with Crippen LogP contribution in [0, 0.1) is 0 Å². The molecule has 0 N–H and O–H groups in total. The van der Waals surface area contributed by atoms with Gasteiger partial charge < -0.3 is 0 Å². The SMILES string of the molecule is S.[Cu].[In].[Mn]. The maximum atomic E-state index is 0. The van der Waals surface area contributed by atoms with Crippen LogP contribution in [0.25, 0.3) is 0 Å². The summed E-state index contributed by atoms with van der Waals surface area (Å²) in [5.74, 6) is 0. The maximum Gasteiger partial charge on any atom is 0 e. The Hall–Kier alpha value is 2.26. The first-order chi connectivity index (χ1) is 0. The molecule has 5 radical (unpaired) electrons. The Kier molecular flexibility index (Phi) is 159. The maximum absolute atomic E-state index is 0. The van der Waals surface area contributed by atoms with Crippen molar-refractivity contribution in [1.82, 2.24) is 0 Å². The summed E-state index contributed by atoms with van der Waals surface area (Å²) in [6.07, 6.45) is 0. The van der Waals surface area contributed by atoms with Gasteiger partial charge >= 0.3 is 0 Å². The van der Waals surface area contributed by atoms with Crippen molar-refractivity contribution >= 4 is 39.3 Å². The second-order valence-corrected chi connectivity index (χ2v) is 0. The zero-order valence-electron chi connectivity index (χ0n) is 1.76. The topological polar surface area (TPSA) is 0 Å². The summed E-state index contributed by atoms with van der Waals surface area (Å²) in [5, 5.41) is 0. The Morgan fingerprint density at radius 3 is 1.00 bits per heavy atom. The summed E-state index contributed by atoms with van der Waals surface area (Å²) in [6.45, 7) is 0. The molecule has 0 saturated heterocycles. The second kappa shape index (κ2) is 18.7. The summed E-state index contributed by atoms with van der Waals surface area (Å²) in [5.41, 5.74) is 0. The largest absolute Gasteiger partial charge is 0.197 e. The molecule has 0 bridgehead atoms.